The molecule has 0 radical (unpaired) electrons. The van der Waals surface area contributed by atoms with Gasteiger partial charge >= 0.3 is 5.97 Å². The Balaban J connectivity index is 2.32. The molecule has 2 aromatic rings. The van der Waals surface area contributed by atoms with Gasteiger partial charge < -0.3 is 4.74 Å². The summed E-state index contributed by atoms with van der Waals surface area (Å²) in [6.07, 6.45) is 2.28. The lowest BCUT2D eigenvalue weighted by molar-refractivity contribution is 0.0516. The van der Waals surface area contributed by atoms with Crippen LogP contribution in [0.5, 0.6) is 0 Å². The fourth-order valence-electron chi connectivity index (χ4n) is 2.14. The first-order valence-corrected chi connectivity index (χ1v) is 11.1. The van der Waals surface area contributed by atoms with Gasteiger partial charge in [-0.25, -0.2) is 9.78 Å². The first-order chi connectivity index (χ1) is 10.4. The lowest BCUT2D eigenvalue weighted by atomic mass is 10.2. The minimum atomic E-state index is -1.24. The average molecular weight is 315 g/mol. The highest BCUT2D eigenvalue weighted by atomic mass is 28.3. The summed E-state index contributed by atoms with van der Waals surface area (Å²) in [6.45, 7) is 9.11. The summed E-state index contributed by atoms with van der Waals surface area (Å²) in [4.78, 5) is 16.9. The maximum absolute atomic E-state index is 12.4. The van der Waals surface area contributed by atoms with Gasteiger partial charge in [0.2, 0.25) is 0 Å². The van der Waals surface area contributed by atoms with Crippen LogP contribution in [0.1, 0.15) is 28.7 Å². The third kappa shape index (κ3) is 3.54. The van der Waals surface area contributed by atoms with Gasteiger partial charge in [-0.2, -0.15) is 5.26 Å². The van der Waals surface area contributed by atoms with Gasteiger partial charge in [0.25, 0.3) is 0 Å². The highest BCUT2D eigenvalue weighted by molar-refractivity contribution is 6.76. The van der Waals surface area contributed by atoms with Gasteiger partial charge in [-0.05, 0) is 24.6 Å². The van der Waals surface area contributed by atoms with Crippen molar-refractivity contribution in [3.63, 3.8) is 0 Å². The molecule has 0 unspecified atom stereocenters. The van der Waals surface area contributed by atoms with Crippen LogP contribution in [-0.4, -0.2) is 30.0 Å². The van der Waals surface area contributed by atoms with Crippen molar-refractivity contribution < 1.29 is 9.53 Å². The first-order valence-electron chi connectivity index (χ1n) is 7.44. The number of carbonyl (C=O) groups excluding carboxylic acids is 1. The zero-order valence-corrected chi connectivity index (χ0v) is 14.5. The minimum absolute atomic E-state index is 0.363. The number of aryl methyl sites for hydroxylation is 1. The molecule has 0 aliphatic rings. The van der Waals surface area contributed by atoms with Gasteiger partial charge in [0.1, 0.15) is 11.7 Å². The Morgan fingerprint density at radius 2 is 2.14 bits per heavy atom. The topological polar surface area (TPSA) is 67.4 Å². The van der Waals surface area contributed by atoms with Gasteiger partial charge in [-0.1, -0.05) is 26.6 Å². The summed E-state index contributed by atoms with van der Waals surface area (Å²) in [5, 5.41) is 9.03. The number of esters is 1. The number of hydrogen-bond acceptors (Lipinski definition) is 4. The van der Waals surface area contributed by atoms with Crippen LogP contribution in [-0.2, 0) is 11.2 Å². The predicted molar refractivity (Wildman–Crippen MR) is 87.7 cm³/mol. The molecule has 6 heteroatoms. The molecule has 2 heterocycles. The fraction of sp³-hybridized carbons (Fsp3) is 0.438. The van der Waals surface area contributed by atoms with E-state index in [1.165, 1.54) is 0 Å². The molecular weight excluding hydrogens is 294 g/mol. The van der Waals surface area contributed by atoms with Crippen LogP contribution in [0.2, 0.25) is 25.7 Å². The van der Waals surface area contributed by atoms with Crippen LogP contribution < -0.4 is 0 Å². The normalized spacial score (nSPS) is 11.4. The van der Waals surface area contributed by atoms with Crippen molar-refractivity contribution in [3.05, 3.63) is 35.3 Å². The highest BCUT2D eigenvalue weighted by Crippen LogP contribution is 2.17. The largest absolute Gasteiger partial charge is 0.461 e. The number of rotatable bonds is 5. The summed E-state index contributed by atoms with van der Waals surface area (Å²) < 4.78 is 7.10. The molecule has 0 spiro atoms. The monoisotopic (exact) mass is 315 g/mol. The Morgan fingerprint density at radius 3 is 2.73 bits per heavy atom. The van der Waals surface area contributed by atoms with Gasteiger partial charge in [0, 0.05) is 14.3 Å². The quantitative estimate of drug-likeness (QED) is 0.627. The molecule has 0 aliphatic heterocycles. The van der Waals surface area contributed by atoms with E-state index in [0.29, 0.717) is 35.6 Å². The summed E-state index contributed by atoms with van der Waals surface area (Å²) in [5.74, 6) is -0.363. The second-order valence-electron chi connectivity index (χ2n) is 6.47. The number of imidazole rings is 1. The van der Waals surface area contributed by atoms with Crippen LogP contribution in [0, 0.1) is 11.3 Å². The number of aromatic nitrogens is 2. The van der Waals surface area contributed by atoms with Gasteiger partial charge in [-0.3, -0.25) is 4.40 Å². The summed E-state index contributed by atoms with van der Waals surface area (Å²) in [7, 11) is -1.24. The molecular formula is C16H21N3O2Si. The SMILES string of the molecule is CCc1nc2ccc(C#N)cn2c1C(=O)OCC[Si](C)(C)C. The van der Waals surface area contributed by atoms with Gasteiger partial charge in [0.05, 0.1) is 17.9 Å². The van der Waals surface area contributed by atoms with Crippen molar-refractivity contribution in [2.24, 2.45) is 0 Å². The predicted octanol–water partition coefficient (Wildman–Crippen LogP) is 3.26. The van der Waals surface area contributed by atoms with Crippen molar-refractivity contribution in [2.75, 3.05) is 6.61 Å². The Bertz CT molecular complexity index is 738. The summed E-state index contributed by atoms with van der Waals surface area (Å²) in [6, 6.07) is 6.45. The number of hydrogen-bond donors (Lipinski definition) is 0. The molecule has 0 fully saturated rings. The van der Waals surface area contributed by atoms with Crippen LogP contribution in [0.15, 0.2) is 18.3 Å². The fourth-order valence-corrected chi connectivity index (χ4v) is 2.85. The molecule has 116 valence electrons. The Morgan fingerprint density at radius 1 is 1.41 bits per heavy atom. The number of fused-ring (bicyclic) bond motifs is 1. The molecule has 0 saturated carbocycles. The van der Waals surface area contributed by atoms with E-state index in [2.05, 4.69) is 30.7 Å². The molecule has 0 amide bonds. The van der Waals surface area contributed by atoms with Crippen molar-refractivity contribution >= 4 is 19.7 Å². The van der Waals surface area contributed by atoms with Gasteiger partial charge in [-0.15, -0.1) is 0 Å². The van der Waals surface area contributed by atoms with Crippen LogP contribution in [0.4, 0.5) is 0 Å². The molecule has 0 atom stereocenters. The van der Waals surface area contributed by atoms with E-state index in [9.17, 15) is 4.79 Å². The lowest BCUT2D eigenvalue weighted by Gasteiger charge is -2.15. The maximum Gasteiger partial charge on any atom is 0.357 e. The first kappa shape index (κ1) is 16.2. The zero-order valence-electron chi connectivity index (χ0n) is 13.5. The molecule has 2 rings (SSSR count). The van der Waals surface area contributed by atoms with Crippen LogP contribution >= 0.6 is 0 Å². The van der Waals surface area contributed by atoms with Crippen molar-refractivity contribution in [1.29, 1.82) is 5.26 Å². The average Bonchev–Trinajstić information content (AvgIpc) is 2.83. The molecule has 0 aliphatic carbocycles. The number of nitrogens with zero attached hydrogens (tertiary/aromatic N) is 3. The third-order valence-electron chi connectivity index (χ3n) is 3.43. The maximum atomic E-state index is 12.4. The van der Waals surface area contributed by atoms with E-state index in [1.807, 2.05) is 6.92 Å². The number of carbonyl (C=O) groups is 1. The molecule has 0 bridgehead atoms. The third-order valence-corrected chi connectivity index (χ3v) is 5.14. The van der Waals surface area contributed by atoms with E-state index in [-0.39, 0.29) is 5.97 Å². The molecule has 0 saturated heterocycles. The lowest BCUT2D eigenvalue weighted by Crippen LogP contribution is -2.23. The molecule has 0 aromatic carbocycles. The number of nitriles is 1. The molecule has 2 aromatic heterocycles. The van der Waals surface area contributed by atoms with E-state index < -0.39 is 8.07 Å². The van der Waals surface area contributed by atoms with Crippen molar-refractivity contribution in [3.8, 4) is 6.07 Å². The highest BCUT2D eigenvalue weighted by Gasteiger charge is 2.21. The van der Waals surface area contributed by atoms with E-state index in [1.54, 1.807) is 22.7 Å². The Hall–Kier alpha value is -2.13. The smallest absolute Gasteiger partial charge is 0.357 e. The second-order valence-corrected chi connectivity index (χ2v) is 12.1. The number of pyridine rings is 1. The van der Waals surface area contributed by atoms with Gasteiger partial charge in [0.15, 0.2) is 5.69 Å². The number of ether oxygens (including phenoxy) is 1. The van der Waals surface area contributed by atoms with E-state index in [4.69, 9.17) is 10.00 Å². The standard InChI is InChI=1S/C16H21N3O2Si/c1-5-13-15(16(20)21-8-9-22(2,3)4)19-11-12(10-17)6-7-14(19)18-13/h6-7,11H,5,8-9H2,1-4H3. The summed E-state index contributed by atoms with van der Waals surface area (Å²) in [5.41, 5.74) is 2.29. The van der Waals surface area contributed by atoms with Crippen molar-refractivity contribution in [2.45, 2.75) is 39.0 Å². The van der Waals surface area contributed by atoms with Crippen molar-refractivity contribution in [1.82, 2.24) is 9.38 Å². The van der Waals surface area contributed by atoms with E-state index in [0.717, 1.165) is 6.04 Å². The second kappa shape index (κ2) is 6.32. The Kier molecular flexibility index (Phi) is 4.67. The molecule has 22 heavy (non-hydrogen) atoms. The Labute approximate surface area is 131 Å². The van der Waals surface area contributed by atoms with E-state index >= 15 is 0 Å². The molecule has 0 N–H and O–H groups in total. The molecule has 5 nitrogen and oxygen atoms in total. The minimum Gasteiger partial charge on any atom is -0.461 e. The van der Waals surface area contributed by atoms with Crippen LogP contribution in [0.3, 0.4) is 0 Å². The summed E-state index contributed by atoms with van der Waals surface area (Å²) >= 11 is 0. The van der Waals surface area contributed by atoms with Crippen LogP contribution in [0.25, 0.3) is 5.65 Å². The zero-order chi connectivity index (χ0) is 16.3.